The van der Waals surface area contributed by atoms with E-state index in [1.165, 1.54) is 25.7 Å². The third-order valence-electron chi connectivity index (χ3n) is 2.68. The monoisotopic (exact) mass is 182 g/mol. The van der Waals surface area contributed by atoms with Crippen molar-refractivity contribution < 1.29 is 9.90 Å². The summed E-state index contributed by atoms with van der Waals surface area (Å²) in [6, 6.07) is 0. The van der Waals surface area contributed by atoms with Gasteiger partial charge in [-0.1, -0.05) is 32.8 Å². The zero-order chi connectivity index (χ0) is 9.84. The molecule has 1 fully saturated rings. The molecule has 0 heterocycles. The highest BCUT2D eigenvalue weighted by Gasteiger charge is 2.17. The van der Waals surface area contributed by atoms with Crippen LogP contribution in [0.2, 0.25) is 0 Å². The van der Waals surface area contributed by atoms with Crippen LogP contribution in [0.5, 0.6) is 0 Å². The lowest BCUT2D eigenvalue weighted by molar-refractivity contribution is -0.133. The summed E-state index contributed by atoms with van der Waals surface area (Å²) in [4.78, 5) is 10.9. The molecular formula is C11H18O2. The molecule has 1 aliphatic rings. The molecule has 13 heavy (non-hydrogen) atoms. The minimum Gasteiger partial charge on any atom is -0.478 e. The highest BCUT2D eigenvalue weighted by molar-refractivity contribution is 5.87. The molecule has 74 valence electrons. The summed E-state index contributed by atoms with van der Waals surface area (Å²) >= 11 is 0. The predicted molar refractivity (Wildman–Crippen MR) is 52.5 cm³/mol. The average Bonchev–Trinajstić information content (AvgIpc) is 2.50. The number of carboxylic acid groups (broad SMARTS) is 1. The van der Waals surface area contributed by atoms with Crippen LogP contribution < -0.4 is 0 Å². The van der Waals surface area contributed by atoms with Crippen molar-refractivity contribution in [3.05, 3.63) is 11.6 Å². The number of rotatable bonds is 3. The molecule has 0 spiro atoms. The lowest BCUT2D eigenvalue weighted by Gasteiger charge is -2.09. The van der Waals surface area contributed by atoms with Gasteiger partial charge in [-0.05, 0) is 24.7 Å². The van der Waals surface area contributed by atoms with Gasteiger partial charge in [0, 0.05) is 5.57 Å². The van der Waals surface area contributed by atoms with Gasteiger partial charge >= 0.3 is 5.97 Å². The van der Waals surface area contributed by atoms with Crippen LogP contribution in [0.3, 0.4) is 0 Å². The van der Waals surface area contributed by atoms with Crippen molar-refractivity contribution in [2.24, 2.45) is 11.8 Å². The van der Waals surface area contributed by atoms with Gasteiger partial charge in [-0.15, -0.1) is 0 Å². The van der Waals surface area contributed by atoms with Crippen molar-refractivity contribution in [2.75, 3.05) is 0 Å². The second kappa shape index (κ2) is 4.45. The van der Waals surface area contributed by atoms with Crippen LogP contribution in [0.1, 0.15) is 39.5 Å². The number of carboxylic acids is 1. The van der Waals surface area contributed by atoms with Gasteiger partial charge in [0.1, 0.15) is 0 Å². The summed E-state index contributed by atoms with van der Waals surface area (Å²) in [5.41, 5.74) is 0.590. The van der Waals surface area contributed by atoms with E-state index in [4.69, 9.17) is 5.11 Å². The molecule has 1 rings (SSSR count). The molecule has 0 amide bonds. The van der Waals surface area contributed by atoms with E-state index in [2.05, 4.69) is 0 Å². The molecule has 1 saturated carbocycles. The predicted octanol–water partition coefficient (Wildman–Crippen LogP) is 2.84. The quantitative estimate of drug-likeness (QED) is 0.681. The maximum atomic E-state index is 10.9. The van der Waals surface area contributed by atoms with Crippen molar-refractivity contribution in [2.45, 2.75) is 39.5 Å². The molecule has 0 aromatic rings. The minimum absolute atomic E-state index is 0.137. The van der Waals surface area contributed by atoms with E-state index < -0.39 is 5.97 Å². The number of hydrogen-bond acceptors (Lipinski definition) is 1. The largest absolute Gasteiger partial charge is 0.478 e. The van der Waals surface area contributed by atoms with E-state index in [1.54, 1.807) is 0 Å². The van der Waals surface area contributed by atoms with E-state index in [1.807, 2.05) is 19.9 Å². The van der Waals surface area contributed by atoms with Gasteiger partial charge in [-0.25, -0.2) is 4.79 Å². The summed E-state index contributed by atoms with van der Waals surface area (Å²) in [6.45, 7) is 3.88. The third kappa shape index (κ3) is 2.87. The number of allylic oxidation sites excluding steroid dienone is 1. The highest BCUT2D eigenvalue weighted by atomic mass is 16.4. The molecule has 0 aliphatic heterocycles. The molecule has 0 radical (unpaired) electrons. The van der Waals surface area contributed by atoms with Crippen molar-refractivity contribution in [1.29, 1.82) is 0 Å². The summed E-state index contributed by atoms with van der Waals surface area (Å²) in [7, 11) is 0. The Bertz CT molecular complexity index is 210. The second-order valence-corrected chi connectivity index (χ2v) is 4.13. The standard InChI is InChI=1S/C11H18O2/c1-8(2)10(11(12)13)7-9-5-3-4-6-9/h7-9H,3-6H2,1-2H3,(H,12,13). The van der Waals surface area contributed by atoms with Gasteiger partial charge in [0.05, 0.1) is 0 Å². The van der Waals surface area contributed by atoms with E-state index in [9.17, 15) is 4.79 Å². The number of carbonyl (C=O) groups is 1. The Labute approximate surface area is 79.6 Å². The van der Waals surface area contributed by atoms with Crippen molar-refractivity contribution >= 4 is 5.97 Å². The molecule has 2 heteroatoms. The first kappa shape index (κ1) is 10.3. The molecule has 1 N–H and O–H groups in total. The lowest BCUT2D eigenvalue weighted by atomic mass is 9.97. The second-order valence-electron chi connectivity index (χ2n) is 4.13. The summed E-state index contributed by atoms with van der Waals surface area (Å²) < 4.78 is 0. The minimum atomic E-state index is -0.748. The highest BCUT2D eigenvalue weighted by Crippen LogP contribution is 2.28. The molecular weight excluding hydrogens is 164 g/mol. The molecule has 0 saturated heterocycles. The first-order chi connectivity index (χ1) is 6.11. The van der Waals surface area contributed by atoms with Gasteiger partial charge in [-0.3, -0.25) is 0 Å². The SMILES string of the molecule is CC(C)C(=CC1CCCC1)C(=O)O. The van der Waals surface area contributed by atoms with Crippen LogP contribution in [0.25, 0.3) is 0 Å². The topological polar surface area (TPSA) is 37.3 Å². The zero-order valence-corrected chi connectivity index (χ0v) is 8.42. The van der Waals surface area contributed by atoms with Gasteiger partial charge in [0.25, 0.3) is 0 Å². The Balaban J connectivity index is 2.67. The van der Waals surface area contributed by atoms with Gasteiger partial charge in [0.2, 0.25) is 0 Å². The Morgan fingerprint density at radius 1 is 1.38 bits per heavy atom. The zero-order valence-electron chi connectivity index (χ0n) is 8.42. The van der Waals surface area contributed by atoms with Crippen LogP contribution in [-0.2, 0) is 4.79 Å². The maximum Gasteiger partial charge on any atom is 0.331 e. The Morgan fingerprint density at radius 3 is 2.31 bits per heavy atom. The van der Waals surface area contributed by atoms with Gasteiger partial charge < -0.3 is 5.11 Å². The number of hydrogen-bond donors (Lipinski definition) is 1. The van der Waals surface area contributed by atoms with Crippen molar-refractivity contribution in [3.8, 4) is 0 Å². The van der Waals surface area contributed by atoms with Crippen LogP contribution in [0.4, 0.5) is 0 Å². The van der Waals surface area contributed by atoms with Crippen molar-refractivity contribution in [3.63, 3.8) is 0 Å². The Hall–Kier alpha value is -0.790. The normalized spacial score (nSPS) is 19.8. The fourth-order valence-electron chi connectivity index (χ4n) is 1.89. The first-order valence-corrected chi connectivity index (χ1v) is 5.06. The van der Waals surface area contributed by atoms with Gasteiger partial charge in [-0.2, -0.15) is 0 Å². The fraction of sp³-hybridized carbons (Fsp3) is 0.727. The van der Waals surface area contributed by atoms with E-state index in [-0.39, 0.29) is 5.92 Å². The third-order valence-corrected chi connectivity index (χ3v) is 2.68. The van der Waals surface area contributed by atoms with E-state index >= 15 is 0 Å². The van der Waals surface area contributed by atoms with Crippen LogP contribution >= 0.6 is 0 Å². The first-order valence-electron chi connectivity index (χ1n) is 5.06. The Morgan fingerprint density at radius 2 is 1.92 bits per heavy atom. The van der Waals surface area contributed by atoms with E-state index in [0.29, 0.717) is 11.5 Å². The molecule has 0 unspecified atom stereocenters. The summed E-state index contributed by atoms with van der Waals surface area (Å²) in [5.74, 6) is -0.0894. The van der Waals surface area contributed by atoms with Crippen LogP contribution in [-0.4, -0.2) is 11.1 Å². The smallest absolute Gasteiger partial charge is 0.331 e. The molecule has 0 bridgehead atoms. The average molecular weight is 182 g/mol. The van der Waals surface area contributed by atoms with Crippen LogP contribution in [0.15, 0.2) is 11.6 Å². The van der Waals surface area contributed by atoms with Gasteiger partial charge in [0.15, 0.2) is 0 Å². The van der Waals surface area contributed by atoms with Crippen molar-refractivity contribution in [1.82, 2.24) is 0 Å². The van der Waals surface area contributed by atoms with E-state index in [0.717, 1.165) is 0 Å². The van der Waals surface area contributed by atoms with Crippen LogP contribution in [0, 0.1) is 11.8 Å². The number of aliphatic carboxylic acids is 1. The molecule has 0 aromatic heterocycles. The summed E-state index contributed by atoms with van der Waals surface area (Å²) in [6.07, 6.45) is 6.82. The molecule has 2 nitrogen and oxygen atoms in total. The maximum absolute atomic E-state index is 10.9. The molecule has 1 aliphatic carbocycles. The Kier molecular flexibility index (Phi) is 3.52. The lowest BCUT2D eigenvalue weighted by Crippen LogP contribution is -2.08. The molecule has 0 aromatic carbocycles. The summed E-state index contributed by atoms with van der Waals surface area (Å²) in [5, 5.41) is 8.94. The fourth-order valence-corrected chi connectivity index (χ4v) is 1.89. The molecule has 0 atom stereocenters.